The van der Waals surface area contributed by atoms with Crippen LogP contribution >= 0.6 is 0 Å². The number of methoxy groups -OCH3 is 1. The maximum absolute atomic E-state index is 7.15. The van der Waals surface area contributed by atoms with Crippen LogP contribution in [0.25, 0.3) is 0 Å². The fraction of sp³-hybridized carbons (Fsp3) is 0.167. The summed E-state index contributed by atoms with van der Waals surface area (Å²) in [6.45, 7) is 0. The molecule has 1 aromatic heterocycles. The third kappa shape index (κ3) is 1.10. The van der Waals surface area contributed by atoms with Gasteiger partial charge in [-0.15, -0.1) is 0 Å². The normalized spacial score (nSPS) is 9.00. The molecular formula is C6H8N2O. The van der Waals surface area contributed by atoms with E-state index in [9.17, 15) is 0 Å². The van der Waals surface area contributed by atoms with Gasteiger partial charge >= 0.3 is 0 Å². The molecule has 0 aliphatic rings. The zero-order valence-corrected chi connectivity index (χ0v) is 5.14. The summed E-state index contributed by atoms with van der Waals surface area (Å²) < 4.78 is 4.66. The lowest BCUT2D eigenvalue weighted by molar-refractivity contribution is 0.401. The highest BCUT2D eigenvalue weighted by molar-refractivity contribution is 5.91. The molecule has 0 aliphatic heterocycles. The summed E-state index contributed by atoms with van der Waals surface area (Å²) in [4.78, 5) is 2.82. The van der Waals surface area contributed by atoms with Crippen molar-refractivity contribution in [1.82, 2.24) is 4.98 Å². The summed E-state index contributed by atoms with van der Waals surface area (Å²) in [6.07, 6.45) is 3.47. The van der Waals surface area contributed by atoms with E-state index in [-0.39, 0.29) is 5.90 Å². The minimum absolute atomic E-state index is 0.191. The first-order chi connectivity index (χ1) is 4.34. The van der Waals surface area contributed by atoms with E-state index in [1.54, 1.807) is 18.5 Å². The molecule has 1 heterocycles. The number of aromatic amines is 1. The quantitative estimate of drug-likeness (QED) is 0.425. The zero-order valence-electron chi connectivity index (χ0n) is 5.14. The Morgan fingerprint density at radius 1 is 1.78 bits per heavy atom. The van der Waals surface area contributed by atoms with Gasteiger partial charge in [0.05, 0.1) is 12.7 Å². The summed E-state index contributed by atoms with van der Waals surface area (Å²) in [5.74, 6) is 0.191. The zero-order chi connectivity index (χ0) is 6.69. The molecule has 1 rings (SSSR count). The van der Waals surface area contributed by atoms with E-state index in [4.69, 9.17) is 5.41 Å². The van der Waals surface area contributed by atoms with Crippen molar-refractivity contribution in [3.63, 3.8) is 0 Å². The molecule has 0 aromatic carbocycles. The van der Waals surface area contributed by atoms with E-state index in [2.05, 4.69) is 9.72 Å². The van der Waals surface area contributed by atoms with Gasteiger partial charge in [0.2, 0.25) is 5.90 Å². The standard InChI is InChI=1S/C6H8N2O/c1-9-6(7)5-2-3-8-4-5/h2-4,7-8H,1H3. The van der Waals surface area contributed by atoms with Crippen molar-refractivity contribution in [3.8, 4) is 0 Å². The Labute approximate surface area is 53.2 Å². The number of H-pyrrole nitrogens is 1. The predicted molar refractivity (Wildman–Crippen MR) is 34.6 cm³/mol. The molecule has 0 bridgehead atoms. The van der Waals surface area contributed by atoms with Crippen molar-refractivity contribution < 1.29 is 4.74 Å². The first-order valence-electron chi connectivity index (χ1n) is 2.60. The first-order valence-corrected chi connectivity index (χ1v) is 2.60. The maximum atomic E-state index is 7.15. The second-order valence-electron chi connectivity index (χ2n) is 1.63. The van der Waals surface area contributed by atoms with Gasteiger partial charge in [0.1, 0.15) is 0 Å². The molecule has 0 unspecified atom stereocenters. The van der Waals surface area contributed by atoms with Crippen molar-refractivity contribution in [2.45, 2.75) is 0 Å². The molecule has 9 heavy (non-hydrogen) atoms. The summed E-state index contributed by atoms with van der Waals surface area (Å²) in [5, 5.41) is 7.15. The SMILES string of the molecule is COC(=N)c1cc[nH]c1. The summed E-state index contributed by atoms with van der Waals surface area (Å²) in [6, 6.07) is 1.78. The van der Waals surface area contributed by atoms with Crippen LogP contribution in [0.3, 0.4) is 0 Å². The Morgan fingerprint density at radius 3 is 3.00 bits per heavy atom. The van der Waals surface area contributed by atoms with Crippen molar-refractivity contribution in [1.29, 1.82) is 5.41 Å². The van der Waals surface area contributed by atoms with E-state index < -0.39 is 0 Å². The van der Waals surface area contributed by atoms with E-state index in [0.717, 1.165) is 5.56 Å². The van der Waals surface area contributed by atoms with E-state index in [1.165, 1.54) is 7.11 Å². The molecule has 48 valence electrons. The molecule has 0 saturated heterocycles. The Balaban J connectivity index is 2.77. The molecular weight excluding hydrogens is 116 g/mol. The summed E-state index contributed by atoms with van der Waals surface area (Å²) in [7, 11) is 1.48. The maximum Gasteiger partial charge on any atom is 0.214 e. The molecule has 0 amide bonds. The second kappa shape index (κ2) is 2.35. The number of nitrogens with one attached hydrogen (secondary N) is 2. The average Bonchev–Trinajstić information content (AvgIpc) is 2.37. The van der Waals surface area contributed by atoms with Crippen LogP contribution in [0.5, 0.6) is 0 Å². The highest BCUT2D eigenvalue weighted by Gasteiger charge is 1.97. The van der Waals surface area contributed by atoms with Gasteiger partial charge in [-0.2, -0.15) is 0 Å². The predicted octanol–water partition coefficient (Wildman–Crippen LogP) is 0.986. The van der Waals surface area contributed by atoms with Gasteiger partial charge < -0.3 is 9.72 Å². The number of hydrogen-bond donors (Lipinski definition) is 2. The molecule has 0 fully saturated rings. The Morgan fingerprint density at radius 2 is 2.56 bits per heavy atom. The molecule has 3 heteroatoms. The van der Waals surface area contributed by atoms with Gasteiger partial charge in [-0.3, -0.25) is 5.41 Å². The topological polar surface area (TPSA) is 48.9 Å². The van der Waals surface area contributed by atoms with Gasteiger partial charge in [-0.05, 0) is 6.07 Å². The number of rotatable bonds is 1. The molecule has 0 radical (unpaired) electrons. The Kier molecular flexibility index (Phi) is 1.53. The van der Waals surface area contributed by atoms with Crippen LogP contribution in [0.2, 0.25) is 0 Å². The minimum atomic E-state index is 0.191. The van der Waals surface area contributed by atoms with Gasteiger partial charge in [0.25, 0.3) is 0 Å². The lowest BCUT2D eigenvalue weighted by Crippen LogP contribution is -1.98. The smallest absolute Gasteiger partial charge is 0.214 e. The van der Waals surface area contributed by atoms with E-state index >= 15 is 0 Å². The van der Waals surface area contributed by atoms with Gasteiger partial charge in [-0.25, -0.2) is 0 Å². The number of hydrogen-bond acceptors (Lipinski definition) is 2. The largest absolute Gasteiger partial charge is 0.481 e. The molecule has 1 aromatic rings. The lowest BCUT2D eigenvalue weighted by Gasteiger charge is -1.94. The van der Waals surface area contributed by atoms with Crippen molar-refractivity contribution >= 4 is 5.90 Å². The third-order valence-corrected chi connectivity index (χ3v) is 1.06. The molecule has 2 N–H and O–H groups in total. The average molecular weight is 124 g/mol. The molecule has 0 aliphatic carbocycles. The van der Waals surface area contributed by atoms with Crippen LogP contribution in [0.1, 0.15) is 5.56 Å². The second-order valence-corrected chi connectivity index (χ2v) is 1.63. The van der Waals surface area contributed by atoms with Crippen molar-refractivity contribution in [2.75, 3.05) is 7.11 Å². The van der Waals surface area contributed by atoms with Crippen LogP contribution < -0.4 is 0 Å². The van der Waals surface area contributed by atoms with Crippen LogP contribution in [0, 0.1) is 5.41 Å². The van der Waals surface area contributed by atoms with Gasteiger partial charge in [0.15, 0.2) is 0 Å². The first kappa shape index (κ1) is 5.88. The highest BCUT2D eigenvalue weighted by atomic mass is 16.5. The third-order valence-electron chi connectivity index (χ3n) is 1.06. The summed E-state index contributed by atoms with van der Waals surface area (Å²) in [5.41, 5.74) is 0.775. The molecule has 3 nitrogen and oxygen atoms in total. The summed E-state index contributed by atoms with van der Waals surface area (Å²) >= 11 is 0. The minimum Gasteiger partial charge on any atom is -0.481 e. The van der Waals surface area contributed by atoms with Gasteiger partial charge in [-0.1, -0.05) is 0 Å². The Bertz CT molecular complexity index is 191. The molecule has 0 atom stereocenters. The van der Waals surface area contributed by atoms with Crippen LogP contribution in [-0.2, 0) is 4.74 Å². The van der Waals surface area contributed by atoms with E-state index in [0.29, 0.717) is 0 Å². The van der Waals surface area contributed by atoms with Crippen LogP contribution in [0.4, 0.5) is 0 Å². The molecule has 0 spiro atoms. The van der Waals surface area contributed by atoms with E-state index in [1.807, 2.05) is 0 Å². The molecule has 0 saturated carbocycles. The fourth-order valence-corrected chi connectivity index (χ4v) is 0.583. The monoisotopic (exact) mass is 124 g/mol. The van der Waals surface area contributed by atoms with Gasteiger partial charge in [0, 0.05) is 12.4 Å². The fourth-order valence-electron chi connectivity index (χ4n) is 0.583. The van der Waals surface area contributed by atoms with Crippen molar-refractivity contribution in [2.24, 2.45) is 0 Å². The number of aromatic nitrogens is 1. The lowest BCUT2D eigenvalue weighted by atomic mass is 10.3. The van der Waals surface area contributed by atoms with Crippen LogP contribution in [-0.4, -0.2) is 18.0 Å². The highest BCUT2D eigenvalue weighted by Crippen LogP contribution is 1.96. The van der Waals surface area contributed by atoms with Crippen molar-refractivity contribution in [3.05, 3.63) is 24.0 Å². The number of ether oxygens (including phenoxy) is 1. The Hall–Kier alpha value is -1.25. The van der Waals surface area contributed by atoms with Crippen LogP contribution in [0.15, 0.2) is 18.5 Å².